The van der Waals surface area contributed by atoms with Crippen molar-refractivity contribution in [2.24, 2.45) is 5.92 Å². The summed E-state index contributed by atoms with van der Waals surface area (Å²) in [5.74, 6) is 1.04. The van der Waals surface area contributed by atoms with E-state index in [1.165, 1.54) is 4.31 Å². The molecule has 0 aromatic carbocycles. The average Bonchev–Trinajstić information content (AvgIpc) is 2.53. The summed E-state index contributed by atoms with van der Waals surface area (Å²) >= 11 is 5.85. The van der Waals surface area contributed by atoms with Gasteiger partial charge in [-0.25, -0.2) is 0 Å². The van der Waals surface area contributed by atoms with Crippen LogP contribution >= 0.6 is 11.6 Å². The molecule has 118 valence electrons. The second-order valence-corrected chi connectivity index (χ2v) is 7.49. The van der Waals surface area contributed by atoms with E-state index >= 15 is 0 Å². The minimum atomic E-state index is -3.42. The third-order valence-corrected chi connectivity index (χ3v) is 6.36. The number of hydrogen-bond acceptors (Lipinski definition) is 3. The van der Waals surface area contributed by atoms with Crippen LogP contribution in [-0.4, -0.2) is 47.5 Å². The Labute approximate surface area is 132 Å². The average molecular weight is 332 g/mol. The van der Waals surface area contributed by atoms with Gasteiger partial charge < -0.3 is 0 Å². The molecule has 2 rings (SSSR count). The van der Waals surface area contributed by atoms with Gasteiger partial charge in [0.25, 0.3) is 10.2 Å². The molecule has 0 atom stereocenters. The zero-order valence-electron chi connectivity index (χ0n) is 12.3. The van der Waals surface area contributed by atoms with Crippen molar-refractivity contribution in [1.82, 2.24) is 13.6 Å². The zero-order valence-corrected chi connectivity index (χ0v) is 13.9. The lowest BCUT2D eigenvalue weighted by atomic mass is 10.0. The van der Waals surface area contributed by atoms with Gasteiger partial charge in [0.2, 0.25) is 0 Å². The fourth-order valence-electron chi connectivity index (χ4n) is 2.49. The van der Waals surface area contributed by atoms with Crippen molar-refractivity contribution in [3.8, 4) is 0 Å². The first kappa shape index (κ1) is 16.7. The number of rotatable bonds is 6. The number of nitrogens with zero attached hydrogens (tertiary/aromatic N) is 3. The van der Waals surface area contributed by atoms with Crippen molar-refractivity contribution in [2.45, 2.75) is 26.3 Å². The van der Waals surface area contributed by atoms with Crippen LogP contribution < -0.4 is 0 Å². The quantitative estimate of drug-likeness (QED) is 0.750. The second-order valence-electron chi connectivity index (χ2n) is 5.25. The number of hydrogen-bond donors (Lipinski definition) is 0. The molecular weight excluding hydrogens is 310 g/mol. The first-order valence-electron chi connectivity index (χ1n) is 7.29. The number of pyridine rings is 1. The smallest absolute Gasteiger partial charge is 0.260 e. The molecule has 0 bridgehead atoms. The van der Waals surface area contributed by atoms with Crippen molar-refractivity contribution in [3.63, 3.8) is 0 Å². The van der Waals surface area contributed by atoms with Crippen LogP contribution in [0.2, 0.25) is 0 Å². The Bertz CT molecular complexity index is 530. The van der Waals surface area contributed by atoms with E-state index in [4.69, 9.17) is 11.6 Å². The third kappa shape index (κ3) is 4.16. The molecule has 1 aliphatic heterocycles. The van der Waals surface area contributed by atoms with Crippen LogP contribution in [0.15, 0.2) is 24.4 Å². The lowest BCUT2D eigenvalue weighted by Gasteiger charge is -2.34. The van der Waals surface area contributed by atoms with Crippen molar-refractivity contribution in [2.75, 3.05) is 25.5 Å². The molecule has 1 aliphatic rings. The standard InChI is InChI=1S/C14H22ClN3O2S/c1-2-17(12-14-5-3-4-8-16-14)21(19,20)18-9-6-13(11-15)7-10-18/h3-5,8,13H,2,6-7,9-12H2,1H3. The molecule has 0 radical (unpaired) electrons. The summed E-state index contributed by atoms with van der Waals surface area (Å²) < 4.78 is 28.5. The molecule has 0 amide bonds. The number of aromatic nitrogens is 1. The Balaban J connectivity index is 2.06. The van der Waals surface area contributed by atoms with Gasteiger partial charge in [0.1, 0.15) is 0 Å². The van der Waals surface area contributed by atoms with E-state index in [1.54, 1.807) is 10.5 Å². The lowest BCUT2D eigenvalue weighted by molar-refractivity contribution is 0.265. The normalized spacial score (nSPS) is 18.2. The highest BCUT2D eigenvalue weighted by Crippen LogP contribution is 2.22. The number of piperidine rings is 1. The molecule has 1 saturated heterocycles. The highest BCUT2D eigenvalue weighted by Gasteiger charge is 2.32. The van der Waals surface area contributed by atoms with Gasteiger partial charge >= 0.3 is 0 Å². The fourth-order valence-corrected chi connectivity index (χ4v) is 4.42. The van der Waals surface area contributed by atoms with E-state index in [-0.39, 0.29) is 0 Å². The molecule has 7 heteroatoms. The van der Waals surface area contributed by atoms with E-state index in [0.717, 1.165) is 18.5 Å². The Morgan fingerprint density at radius 3 is 2.62 bits per heavy atom. The van der Waals surface area contributed by atoms with E-state index in [2.05, 4.69) is 4.98 Å². The molecule has 21 heavy (non-hydrogen) atoms. The predicted molar refractivity (Wildman–Crippen MR) is 84.3 cm³/mol. The van der Waals surface area contributed by atoms with Crippen LogP contribution in [0.3, 0.4) is 0 Å². The van der Waals surface area contributed by atoms with Crippen LogP contribution in [0, 0.1) is 5.92 Å². The van der Waals surface area contributed by atoms with E-state index in [9.17, 15) is 8.42 Å². The molecular formula is C14H22ClN3O2S. The molecule has 1 aromatic rings. The summed E-state index contributed by atoms with van der Waals surface area (Å²) in [5.41, 5.74) is 0.763. The number of alkyl halides is 1. The van der Waals surface area contributed by atoms with Crippen LogP contribution in [0.5, 0.6) is 0 Å². The monoisotopic (exact) mass is 331 g/mol. The Kier molecular flexibility index (Phi) is 5.98. The van der Waals surface area contributed by atoms with E-state index in [0.29, 0.717) is 38.0 Å². The largest absolute Gasteiger partial charge is 0.282 e. The van der Waals surface area contributed by atoms with Gasteiger partial charge in [0.05, 0.1) is 12.2 Å². The maximum Gasteiger partial charge on any atom is 0.282 e. The Hall–Kier alpha value is -0.690. The molecule has 0 spiro atoms. The Morgan fingerprint density at radius 1 is 1.38 bits per heavy atom. The van der Waals surface area contributed by atoms with Gasteiger partial charge in [-0.15, -0.1) is 11.6 Å². The maximum atomic E-state index is 12.7. The summed E-state index contributed by atoms with van der Waals surface area (Å²) in [6.45, 7) is 3.71. The van der Waals surface area contributed by atoms with Gasteiger partial charge in [0, 0.05) is 31.7 Å². The SMILES string of the molecule is CCN(Cc1ccccn1)S(=O)(=O)N1CCC(CCl)CC1. The summed E-state index contributed by atoms with van der Waals surface area (Å²) in [6.07, 6.45) is 3.36. The van der Waals surface area contributed by atoms with Crippen LogP contribution in [0.1, 0.15) is 25.5 Å². The van der Waals surface area contributed by atoms with Crippen molar-refractivity contribution in [3.05, 3.63) is 30.1 Å². The van der Waals surface area contributed by atoms with Gasteiger partial charge in [0.15, 0.2) is 0 Å². The predicted octanol–water partition coefficient (Wildman–Crippen LogP) is 2.10. The first-order chi connectivity index (χ1) is 10.1. The van der Waals surface area contributed by atoms with Crippen molar-refractivity contribution in [1.29, 1.82) is 0 Å². The summed E-state index contributed by atoms with van der Waals surface area (Å²) in [6, 6.07) is 5.54. The van der Waals surface area contributed by atoms with Gasteiger partial charge in [-0.3, -0.25) is 4.98 Å². The molecule has 5 nitrogen and oxygen atoms in total. The first-order valence-corrected chi connectivity index (χ1v) is 9.22. The molecule has 0 saturated carbocycles. The van der Waals surface area contributed by atoms with Crippen LogP contribution in [0.4, 0.5) is 0 Å². The fraction of sp³-hybridized carbons (Fsp3) is 0.643. The van der Waals surface area contributed by atoms with Gasteiger partial charge in [-0.05, 0) is 30.9 Å². The molecule has 1 aromatic heterocycles. The van der Waals surface area contributed by atoms with Crippen LogP contribution in [-0.2, 0) is 16.8 Å². The van der Waals surface area contributed by atoms with E-state index < -0.39 is 10.2 Å². The summed E-state index contributed by atoms with van der Waals surface area (Å²) in [7, 11) is -3.42. The maximum absolute atomic E-state index is 12.7. The molecule has 0 unspecified atom stereocenters. The molecule has 0 N–H and O–H groups in total. The number of halogens is 1. The second kappa shape index (κ2) is 7.54. The minimum absolute atomic E-state index is 0.315. The lowest BCUT2D eigenvalue weighted by Crippen LogP contribution is -2.47. The highest BCUT2D eigenvalue weighted by atomic mass is 35.5. The van der Waals surface area contributed by atoms with Crippen molar-refractivity contribution >= 4 is 21.8 Å². The van der Waals surface area contributed by atoms with Gasteiger partial charge in [-0.2, -0.15) is 17.0 Å². The summed E-state index contributed by atoms with van der Waals surface area (Å²) in [5, 5.41) is 0. The van der Waals surface area contributed by atoms with Gasteiger partial charge in [-0.1, -0.05) is 13.0 Å². The van der Waals surface area contributed by atoms with E-state index in [1.807, 2.05) is 25.1 Å². The zero-order chi connectivity index (χ0) is 15.3. The molecule has 0 aliphatic carbocycles. The molecule has 1 fully saturated rings. The third-order valence-electron chi connectivity index (χ3n) is 3.86. The highest BCUT2D eigenvalue weighted by molar-refractivity contribution is 7.86. The molecule has 2 heterocycles. The van der Waals surface area contributed by atoms with Crippen molar-refractivity contribution < 1.29 is 8.42 Å². The Morgan fingerprint density at radius 2 is 2.10 bits per heavy atom. The minimum Gasteiger partial charge on any atom is -0.260 e. The topological polar surface area (TPSA) is 53.5 Å². The van der Waals surface area contributed by atoms with Crippen LogP contribution in [0.25, 0.3) is 0 Å². The summed E-state index contributed by atoms with van der Waals surface area (Å²) in [4.78, 5) is 4.21.